The summed E-state index contributed by atoms with van der Waals surface area (Å²) in [5, 5.41) is 12.9. The fourth-order valence-electron chi connectivity index (χ4n) is 3.69. The SMILES string of the molecule is CC(NCC1CC(=O)N(C)C1c1ccccc1)c1cccc(CO)c1. The van der Waals surface area contributed by atoms with Crippen molar-refractivity contribution in [1.82, 2.24) is 10.2 Å². The summed E-state index contributed by atoms with van der Waals surface area (Å²) in [7, 11) is 1.90. The van der Waals surface area contributed by atoms with Gasteiger partial charge in [-0.1, -0.05) is 54.6 Å². The molecule has 1 heterocycles. The number of rotatable bonds is 6. The summed E-state index contributed by atoms with van der Waals surface area (Å²) in [5.41, 5.74) is 3.27. The van der Waals surface area contributed by atoms with Gasteiger partial charge in [0.2, 0.25) is 5.91 Å². The van der Waals surface area contributed by atoms with Gasteiger partial charge in [-0.2, -0.15) is 0 Å². The lowest BCUT2D eigenvalue weighted by Crippen LogP contribution is -2.30. The predicted octanol–water partition coefficient (Wildman–Crippen LogP) is 3.05. The van der Waals surface area contributed by atoms with E-state index in [1.807, 2.05) is 48.3 Å². The Kier molecular flexibility index (Phi) is 5.51. The first-order chi connectivity index (χ1) is 12.1. The number of aliphatic hydroxyl groups is 1. The van der Waals surface area contributed by atoms with Crippen LogP contribution < -0.4 is 5.32 Å². The average molecular weight is 338 g/mol. The minimum absolute atomic E-state index is 0.0541. The standard InChI is InChI=1S/C21H26N2O2/c1-15(18-10-6-7-16(11-18)14-24)22-13-19-12-20(25)23(2)21(19)17-8-4-3-5-9-17/h3-11,15,19,21-22,24H,12-14H2,1-2H3. The van der Waals surface area contributed by atoms with Crippen molar-refractivity contribution < 1.29 is 9.90 Å². The van der Waals surface area contributed by atoms with Crippen LogP contribution in [-0.2, 0) is 11.4 Å². The lowest BCUT2D eigenvalue weighted by atomic mass is 9.93. The molecule has 0 radical (unpaired) electrons. The van der Waals surface area contributed by atoms with Gasteiger partial charge in [0.1, 0.15) is 0 Å². The highest BCUT2D eigenvalue weighted by atomic mass is 16.3. The van der Waals surface area contributed by atoms with Crippen LogP contribution in [0.15, 0.2) is 54.6 Å². The lowest BCUT2D eigenvalue weighted by Gasteiger charge is -2.27. The minimum Gasteiger partial charge on any atom is -0.392 e. The van der Waals surface area contributed by atoms with Crippen molar-refractivity contribution >= 4 is 5.91 Å². The Morgan fingerprint density at radius 3 is 2.68 bits per heavy atom. The Bertz CT molecular complexity index is 717. The van der Waals surface area contributed by atoms with Gasteiger partial charge in [0.25, 0.3) is 0 Å². The number of benzene rings is 2. The molecule has 3 atom stereocenters. The van der Waals surface area contributed by atoms with Crippen LogP contribution in [0.4, 0.5) is 0 Å². The molecule has 0 saturated carbocycles. The van der Waals surface area contributed by atoms with Gasteiger partial charge in [-0.3, -0.25) is 4.79 Å². The molecule has 0 spiro atoms. The second kappa shape index (κ2) is 7.81. The van der Waals surface area contributed by atoms with Crippen LogP contribution in [0.25, 0.3) is 0 Å². The highest BCUT2D eigenvalue weighted by Gasteiger charge is 2.38. The van der Waals surface area contributed by atoms with E-state index >= 15 is 0 Å². The number of hydrogen-bond donors (Lipinski definition) is 2. The van der Waals surface area contributed by atoms with E-state index in [0.717, 1.165) is 17.7 Å². The van der Waals surface area contributed by atoms with Gasteiger partial charge in [-0.15, -0.1) is 0 Å². The molecule has 0 bridgehead atoms. The monoisotopic (exact) mass is 338 g/mol. The Morgan fingerprint density at radius 1 is 1.20 bits per heavy atom. The zero-order valence-electron chi connectivity index (χ0n) is 14.9. The van der Waals surface area contributed by atoms with Crippen LogP contribution in [0, 0.1) is 5.92 Å². The first kappa shape index (κ1) is 17.6. The minimum atomic E-state index is 0.0541. The molecule has 25 heavy (non-hydrogen) atoms. The molecule has 2 aromatic carbocycles. The molecule has 132 valence electrons. The molecule has 0 aliphatic carbocycles. The quantitative estimate of drug-likeness (QED) is 0.851. The third kappa shape index (κ3) is 3.91. The first-order valence-corrected chi connectivity index (χ1v) is 8.84. The second-order valence-corrected chi connectivity index (χ2v) is 6.86. The molecule has 1 aliphatic heterocycles. The summed E-state index contributed by atoms with van der Waals surface area (Å²) in [4.78, 5) is 14.1. The van der Waals surface area contributed by atoms with E-state index in [-0.39, 0.29) is 30.5 Å². The molecule has 1 amide bonds. The molecular formula is C21H26N2O2. The Labute approximate surface area is 149 Å². The first-order valence-electron chi connectivity index (χ1n) is 8.84. The lowest BCUT2D eigenvalue weighted by molar-refractivity contribution is -0.127. The number of nitrogens with zero attached hydrogens (tertiary/aromatic N) is 1. The van der Waals surface area contributed by atoms with E-state index in [9.17, 15) is 9.90 Å². The van der Waals surface area contributed by atoms with Gasteiger partial charge in [0.05, 0.1) is 12.6 Å². The van der Waals surface area contributed by atoms with Crippen LogP contribution in [-0.4, -0.2) is 29.5 Å². The maximum atomic E-state index is 12.2. The Morgan fingerprint density at radius 2 is 1.96 bits per heavy atom. The van der Waals surface area contributed by atoms with Crippen LogP contribution >= 0.6 is 0 Å². The third-order valence-electron chi connectivity index (χ3n) is 5.15. The molecule has 4 nitrogen and oxygen atoms in total. The van der Waals surface area contributed by atoms with Gasteiger partial charge >= 0.3 is 0 Å². The van der Waals surface area contributed by atoms with Crippen molar-refractivity contribution in [2.75, 3.05) is 13.6 Å². The molecular weight excluding hydrogens is 312 g/mol. The number of nitrogens with one attached hydrogen (secondary N) is 1. The average Bonchev–Trinajstić information content (AvgIpc) is 2.94. The number of hydrogen-bond acceptors (Lipinski definition) is 3. The van der Waals surface area contributed by atoms with Crippen molar-refractivity contribution in [2.45, 2.75) is 32.0 Å². The maximum absolute atomic E-state index is 12.2. The zero-order valence-corrected chi connectivity index (χ0v) is 14.9. The summed E-state index contributed by atoms with van der Waals surface area (Å²) >= 11 is 0. The summed E-state index contributed by atoms with van der Waals surface area (Å²) in [6.45, 7) is 2.95. The van der Waals surface area contributed by atoms with Crippen molar-refractivity contribution in [2.24, 2.45) is 5.92 Å². The molecule has 3 rings (SSSR count). The number of carbonyl (C=O) groups is 1. The van der Waals surface area contributed by atoms with E-state index in [0.29, 0.717) is 6.42 Å². The van der Waals surface area contributed by atoms with Crippen molar-refractivity contribution in [3.8, 4) is 0 Å². The number of carbonyl (C=O) groups excluding carboxylic acids is 1. The van der Waals surface area contributed by atoms with Crippen molar-refractivity contribution in [1.29, 1.82) is 0 Å². The molecule has 2 N–H and O–H groups in total. The summed E-state index contributed by atoms with van der Waals surface area (Å²) < 4.78 is 0. The van der Waals surface area contributed by atoms with Crippen LogP contribution in [0.5, 0.6) is 0 Å². The number of aliphatic hydroxyl groups excluding tert-OH is 1. The molecule has 1 saturated heterocycles. The van der Waals surface area contributed by atoms with E-state index < -0.39 is 0 Å². The van der Waals surface area contributed by atoms with Crippen molar-refractivity contribution in [3.05, 3.63) is 71.3 Å². The van der Waals surface area contributed by atoms with Crippen LogP contribution in [0.3, 0.4) is 0 Å². The van der Waals surface area contributed by atoms with Crippen LogP contribution in [0.1, 0.15) is 42.1 Å². The molecule has 0 aromatic heterocycles. The Balaban J connectivity index is 1.69. The predicted molar refractivity (Wildman–Crippen MR) is 98.8 cm³/mol. The summed E-state index contributed by atoms with van der Waals surface area (Å²) in [6.07, 6.45) is 0.576. The van der Waals surface area contributed by atoms with E-state index in [1.54, 1.807) is 0 Å². The van der Waals surface area contributed by atoms with Gasteiger partial charge in [0.15, 0.2) is 0 Å². The highest BCUT2D eigenvalue weighted by molar-refractivity contribution is 5.79. The zero-order chi connectivity index (χ0) is 17.8. The van der Waals surface area contributed by atoms with Crippen molar-refractivity contribution in [3.63, 3.8) is 0 Å². The van der Waals surface area contributed by atoms with E-state index in [4.69, 9.17) is 0 Å². The molecule has 1 aliphatic rings. The van der Waals surface area contributed by atoms with Gasteiger partial charge in [-0.25, -0.2) is 0 Å². The molecule has 4 heteroatoms. The number of likely N-dealkylation sites (tertiary alicyclic amines) is 1. The molecule has 1 fully saturated rings. The van der Waals surface area contributed by atoms with Gasteiger partial charge in [-0.05, 0) is 23.6 Å². The normalized spacial score (nSPS) is 21.6. The molecule has 3 unspecified atom stereocenters. The largest absolute Gasteiger partial charge is 0.392 e. The third-order valence-corrected chi connectivity index (χ3v) is 5.15. The van der Waals surface area contributed by atoms with Gasteiger partial charge < -0.3 is 15.3 Å². The van der Waals surface area contributed by atoms with E-state index in [1.165, 1.54) is 5.56 Å². The molecule has 2 aromatic rings. The fraction of sp³-hybridized carbons (Fsp3) is 0.381. The fourth-order valence-corrected chi connectivity index (χ4v) is 3.69. The Hall–Kier alpha value is -2.17. The topological polar surface area (TPSA) is 52.6 Å². The second-order valence-electron chi connectivity index (χ2n) is 6.86. The maximum Gasteiger partial charge on any atom is 0.223 e. The number of amides is 1. The summed E-state index contributed by atoms with van der Waals surface area (Å²) in [6, 6.07) is 18.5. The van der Waals surface area contributed by atoms with E-state index in [2.05, 4.69) is 30.4 Å². The van der Waals surface area contributed by atoms with Crippen LogP contribution in [0.2, 0.25) is 0 Å². The highest BCUT2D eigenvalue weighted by Crippen LogP contribution is 2.36. The van der Waals surface area contributed by atoms with Gasteiger partial charge in [0, 0.05) is 32.0 Å². The summed E-state index contributed by atoms with van der Waals surface area (Å²) in [5.74, 6) is 0.457. The smallest absolute Gasteiger partial charge is 0.223 e.